The Labute approximate surface area is 178 Å². The Morgan fingerprint density at radius 2 is 2.07 bits per heavy atom. The molecule has 4 N–H and O–H groups in total. The van der Waals surface area contributed by atoms with Gasteiger partial charge in [0, 0.05) is 32.4 Å². The van der Waals surface area contributed by atoms with Gasteiger partial charge in [-0.25, -0.2) is 4.98 Å². The van der Waals surface area contributed by atoms with Crippen molar-refractivity contribution in [3.8, 4) is 0 Å². The lowest BCUT2D eigenvalue weighted by Gasteiger charge is -2.10. The van der Waals surface area contributed by atoms with E-state index in [1.807, 2.05) is 6.07 Å². The summed E-state index contributed by atoms with van der Waals surface area (Å²) in [5.41, 5.74) is 7.22. The molecular formula is C19H21ClN8O2. The summed E-state index contributed by atoms with van der Waals surface area (Å²) in [6, 6.07) is 6.96. The fraction of sp³-hybridized carbons (Fsp3) is 0.211. The summed E-state index contributed by atoms with van der Waals surface area (Å²) in [4.78, 5) is 33.1. The lowest BCUT2D eigenvalue weighted by atomic mass is 10.1. The third kappa shape index (κ3) is 5.45. The van der Waals surface area contributed by atoms with Crippen molar-refractivity contribution < 1.29 is 9.59 Å². The number of benzene rings is 1. The van der Waals surface area contributed by atoms with Crippen molar-refractivity contribution in [1.29, 1.82) is 0 Å². The van der Waals surface area contributed by atoms with Gasteiger partial charge in [-0.3, -0.25) is 14.3 Å². The van der Waals surface area contributed by atoms with Crippen molar-refractivity contribution in [2.24, 2.45) is 5.73 Å². The number of hydrogen-bond acceptors (Lipinski definition) is 7. The topological polar surface area (TPSA) is 131 Å². The number of amides is 2. The zero-order chi connectivity index (χ0) is 21.7. The van der Waals surface area contributed by atoms with E-state index in [4.69, 9.17) is 17.3 Å². The average molecular weight is 429 g/mol. The Balaban J connectivity index is 1.67. The van der Waals surface area contributed by atoms with Crippen LogP contribution in [0.2, 0.25) is 5.02 Å². The number of hydrogen-bond donors (Lipinski definition) is 3. The van der Waals surface area contributed by atoms with Crippen LogP contribution in [0.5, 0.6) is 0 Å². The van der Waals surface area contributed by atoms with Crippen LogP contribution in [0.1, 0.15) is 15.9 Å². The number of halogens is 1. The molecule has 3 aromatic rings. The summed E-state index contributed by atoms with van der Waals surface area (Å²) in [7, 11) is 3.37. The third-order valence-electron chi connectivity index (χ3n) is 4.10. The highest BCUT2D eigenvalue weighted by Gasteiger charge is 2.10. The second kappa shape index (κ2) is 9.23. The van der Waals surface area contributed by atoms with Crippen molar-refractivity contribution in [1.82, 2.24) is 24.6 Å². The maximum absolute atomic E-state index is 11.8. The number of nitrogens with zero attached hydrogens (tertiary/aromatic N) is 5. The van der Waals surface area contributed by atoms with Crippen LogP contribution in [-0.4, -0.2) is 50.6 Å². The SMILES string of the molecule is CN(C)C(=O)Cn1cc(Nc2ncc(Cl)c(NCc3cccc(C(N)=O)c3)n2)cn1. The summed E-state index contributed by atoms with van der Waals surface area (Å²) in [6.07, 6.45) is 4.73. The van der Waals surface area contributed by atoms with Gasteiger partial charge in [0.05, 0.1) is 18.1 Å². The number of nitrogens with two attached hydrogens (primary N) is 1. The Morgan fingerprint density at radius 3 is 2.80 bits per heavy atom. The first-order chi connectivity index (χ1) is 14.3. The predicted molar refractivity (Wildman–Crippen MR) is 114 cm³/mol. The molecule has 1 aromatic carbocycles. The smallest absolute Gasteiger partial charge is 0.248 e. The highest BCUT2D eigenvalue weighted by atomic mass is 35.5. The molecule has 10 nitrogen and oxygen atoms in total. The highest BCUT2D eigenvalue weighted by Crippen LogP contribution is 2.22. The Morgan fingerprint density at radius 1 is 1.27 bits per heavy atom. The van der Waals surface area contributed by atoms with Gasteiger partial charge in [-0.2, -0.15) is 10.1 Å². The zero-order valence-electron chi connectivity index (χ0n) is 16.5. The first kappa shape index (κ1) is 21.1. The minimum Gasteiger partial charge on any atom is -0.366 e. The van der Waals surface area contributed by atoms with Gasteiger partial charge < -0.3 is 21.3 Å². The fourth-order valence-electron chi connectivity index (χ4n) is 2.50. The summed E-state index contributed by atoms with van der Waals surface area (Å²) in [5, 5.41) is 10.6. The predicted octanol–water partition coefficient (Wildman–Crippen LogP) is 1.87. The lowest BCUT2D eigenvalue weighted by molar-refractivity contribution is -0.129. The summed E-state index contributed by atoms with van der Waals surface area (Å²) < 4.78 is 1.52. The monoisotopic (exact) mass is 428 g/mol. The molecule has 0 unspecified atom stereocenters. The number of rotatable bonds is 8. The lowest BCUT2D eigenvalue weighted by Crippen LogP contribution is -2.26. The molecule has 0 saturated heterocycles. The number of likely N-dealkylation sites (N-methyl/N-ethyl adjacent to an activating group) is 1. The molecule has 0 spiro atoms. The third-order valence-corrected chi connectivity index (χ3v) is 4.38. The van der Waals surface area contributed by atoms with E-state index in [9.17, 15) is 9.59 Å². The Hall–Kier alpha value is -3.66. The number of nitrogens with one attached hydrogen (secondary N) is 2. The second-order valence-corrected chi connectivity index (χ2v) is 7.06. The number of carbonyl (C=O) groups excluding carboxylic acids is 2. The second-order valence-electron chi connectivity index (χ2n) is 6.65. The van der Waals surface area contributed by atoms with Crippen LogP contribution in [0.3, 0.4) is 0 Å². The highest BCUT2D eigenvalue weighted by molar-refractivity contribution is 6.32. The van der Waals surface area contributed by atoms with Crippen LogP contribution in [0.25, 0.3) is 0 Å². The number of anilines is 3. The molecule has 156 valence electrons. The first-order valence-electron chi connectivity index (χ1n) is 8.96. The van der Waals surface area contributed by atoms with Crippen LogP contribution in [0.4, 0.5) is 17.5 Å². The average Bonchev–Trinajstić information content (AvgIpc) is 3.15. The van der Waals surface area contributed by atoms with E-state index in [1.165, 1.54) is 15.8 Å². The number of carbonyl (C=O) groups is 2. The van der Waals surface area contributed by atoms with E-state index in [1.54, 1.807) is 44.7 Å². The maximum atomic E-state index is 11.8. The van der Waals surface area contributed by atoms with Crippen LogP contribution in [0, 0.1) is 0 Å². The Bertz CT molecular complexity index is 1070. The van der Waals surface area contributed by atoms with Crippen molar-refractivity contribution >= 4 is 40.9 Å². The van der Waals surface area contributed by atoms with Crippen LogP contribution in [-0.2, 0) is 17.9 Å². The van der Waals surface area contributed by atoms with Gasteiger partial charge in [0.2, 0.25) is 17.8 Å². The molecule has 30 heavy (non-hydrogen) atoms. The van der Waals surface area contributed by atoms with Crippen LogP contribution < -0.4 is 16.4 Å². The molecule has 0 fully saturated rings. The minimum atomic E-state index is -0.490. The van der Waals surface area contributed by atoms with Gasteiger partial charge in [-0.15, -0.1) is 0 Å². The largest absolute Gasteiger partial charge is 0.366 e. The zero-order valence-corrected chi connectivity index (χ0v) is 17.2. The number of primary amides is 1. The molecule has 0 radical (unpaired) electrons. The quantitative estimate of drug-likeness (QED) is 0.499. The van der Waals surface area contributed by atoms with Crippen molar-refractivity contribution in [2.75, 3.05) is 24.7 Å². The molecule has 0 aliphatic rings. The van der Waals surface area contributed by atoms with Gasteiger partial charge in [0.25, 0.3) is 0 Å². The Kier molecular flexibility index (Phi) is 6.48. The van der Waals surface area contributed by atoms with Gasteiger partial charge in [0.1, 0.15) is 11.6 Å². The molecule has 0 aliphatic heterocycles. The molecule has 2 aromatic heterocycles. The van der Waals surface area contributed by atoms with Crippen LogP contribution >= 0.6 is 11.6 Å². The van der Waals surface area contributed by atoms with Crippen molar-refractivity contribution in [2.45, 2.75) is 13.1 Å². The van der Waals surface area contributed by atoms with Gasteiger partial charge in [-0.05, 0) is 17.7 Å². The fourth-order valence-corrected chi connectivity index (χ4v) is 2.65. The van der Waals surface area contributed by atoms with Gasteiger partial charge >= 0.3 is 0 Å². The molecule has 0 aliphatic carbocycles. The van der Waals surface area contributed by atoms with Crippen LogP contribution in [0.15, 0.2) is 42.9 Å². The molecule has 0 saturated carbocycles. The summed E-state index contributed by atoms with van der Waals surface area (Å²) in [6.45, 7) is 0.523. The van der Waals surface area contributed by atoms with E-state index in [0.29, 0.717) is 34.6 Å². The van der Waals surface area contributed by atoms with Gasteiger partial charge in [-0.1, -0.05) is 23.7 Å². The molecular weight excluding hydrogens is 408 g/mol. The standard InChI is InChI=1S/C19H21ClN8O2/c1-27(2)16(29)11-28-10-14(8-24-28)25-19-23-9-15(20)18(26-19)22-7-12-4-3-5-13(6-12)17(21)30/h3-6,8-10H,7,11H2,1-2H3,(H2,21,30)(H2,22,23,25,26). The molecule has 3 rings (SSSR count). The molecule has 0 atom stereocenters. The molecule has 2 amide bonds. The summed E-state index contributed by atoms with van der Waals surface area (Å²) >= 11 is 6.19. The van der Waals surface area contributed by atoms with Crippen molar-refractivity contribution in [3.05, 3.63) is 59.0 Å². The molecule has 0 bridgehead atoms. The first-order valence-corrected chi connectivity index (χ1v) is 9.34. The normalized spacial score (nSPS) is 10.5. The number of aromatic nitrogens is 4. The maximum Gasteiger partial charge on any atom is 0.248 e. The molecule has 11 heteroatoms. The van der Waals surface area contributed by atoms with E-state index in [0.717, 1.165) is 5.56 Å². The summed E-state index contributed by atoms with van der Waals surface area (Å²) in [5.74, 6) is 0.176. The van der Waals surface area contributed by atoms with E-state index in [-0.39, 0.29) is 12.5 Å². The molecule has 2 heterocycles. The van der Waals surface area contributed by atoms with Crippen molar-refractivity contribution in [3.63, 3.8) is 0 Å². The van der Waals surface area contributed by atoms with E-state index < -0.39 is 5.91 Å². The van der Waals surface area contributed by atoms with E-state index in [2.05, 4.69) is 25.7 Å². The van der Waals surface area contributed by atoms with E-state index >= 15 is 0 Å². The minimum absolute atomic E-state index is 0.0701. The van der Waals surface area contributed by atoms with Gasteiger partial charge in [0.15, 0.2) is 5.82 Å².